The molecule has 20 heavy (non-hydrogen) atoms. The van der Waals surface area contributed by atoms with Crippen molar-refractivity contribution in [3.05, 3.63) is 36.7 Å². The van der Waals surface area contributed by atoms with Crippen molar-refractivity contribution in [2.24, 2.45) is 16.3 Å². The smallest absolute Gasteiger partial charge is 0.238 e. The van der Waals surface area contributed by atoms with Gasteiger partial charge in [-0.25, -0.2) is 0 Å². The molecular formula is C14H14N4O2. The summed E-state index contributed by atoms with van der Waals surface area (Å²) in [5.41, 5.74) is 5.45. The van der Waals surface area contributed by atoms with Crippen molar-refractivity contribution in [3.8, 4) is 0 Å². The molecule has 1 aromatic carbocycles. The molecule has 1 aliphatic rings. The fraction of sp³-hybridized carbons (Fsp3) is 0.214. The molecule has 1 saturated carbocycles. The topological polar surface area (TPSA) is 101 Å². The molecule has 0 aliphatic heterocycles. The summed E-state index contributed by atoms with van der Waals surface area (Å²) in [6.07, 6.45) is 4.61. The molecule has 4 N–H and O–H groups in total. The van der Waals surface area contributed by atoms with Gasteiger partial charge in [-0.3, -0.25) is 9.78 Å². The molecule has 1 heterocycles. The van der Waals surface area contributed by atoms with Gasteiger partial charge in [-0.2, -0.15) is 0 Å². The molecule has 0 radical (unpaired) electrons. The number of hydrogen-bond acceptors (Lipinski definition) is 4. The Kier molecular flexibility index (Phi) is 2.78. The second-order valence-electron chi connectivity index (χ2n) is 4.92. The van der Waals surface area contributed by atoms with Gasteiger partial charge in [0, 0.05) is 28.9 Å². The minimum atomic E-state index is -0.857. The number of benzene rings is 1. The maximum atomic E-state index is 12.3. The highest BCUT2D eigenvalue weighted by Gasteiger charge is 2.54. The van der Waals surface area contributed by atoms with E-state index in [1.54, 1.807) is 12.4 Å². The lowest BCUT2D eigenvalue weighted by Gasteiger charge is -2.14. The maximum Gasteiger partial charge on any atom is 0.238 e. The van der Waals surface area contributed by atoms with E-state index in [-0.39, 0.29) is 11.7 Å². The van der Waals surface area contributed by atoms with Gasteiger partial charge in [0.2, 0.25) is 5.91 Å². The van der Waals surface area contributed by atoms with Crippen LogP contribution in [0.4, 0.5) is 5.69 Å². The average molecular weight is 270 g/mol. The number of nitrogens with zero attached hydrogens (tertiary/aromatic N) is 2. The van der Waals surface area contributed by atoms with Crippen LogP contribution in [0.2, 0.25) is 0 Å². The largest absolute Gasteiger partial charge is 0.409 e. The first-order chi connectivity index (χ1) is 9.67. The Bertz CT molecular complexity index is 702. The summed E-state index contributed by atoms with van der Waals surface area (Å²) in [4.78, 5) is 16.4. The van der Waals surface area contributed by atoms with E-state index in [4.69, 9.17) is 10.9 Å². The highest BCUT2D eigenvalue weighted by Crippen LogP contribution is 2.47. The number of nitrogens with one attached hydrogen (secondary N) is 1. The van der Waals surface area contributed by atoms with Gasteiger partial charge in [-0.1, -0.05) is 17.3 Å². The molecule has 0 atom stereocenters. The van der Waals surface area contributed by atoms with E-state index in [0.717, 1.165) is 10.8 Å². The molecule has 1 aliphatic carbocycles. The molecule has 102 valence electrons. The zero-order chi connectivity index (χ0) is 14.2. The Balaban J connectivity index is 1.93. The van der Waals surface area contributed by atoms with Gasteiger partial charge in [-0.05, 0) is 25.0 Å². The number of nitrogens with two attached hydrogens (primary N) is 1. The predicted molar refractivity (Wildman–Crippen MR) is 75.4 cm³/mol. The van der Waals surface area contributed by atoms with Crippen LogP contribution >= 0.6 is 0 Å². The van der Waals surface area contributed by atoms with Gasteiger partial charge in [0.15, 0.2) is 5.84 Å². The lowest BCUT2D eigenvalue weighted by atomic mass is 10.0. The number of hydrogen-bond donors (Lipinski definition) is 3. The number of amides is 1. The van der Waals surface area contributed by atoms with Gasteiger partial charge in [0.25, 0.3) is 0 Å². The summed E-state index contributed by atoms with van der Waals surface area (Å²) in [7, 11) is 0. The van der Waals surface area contributed by atoms with Gasteiger partial charge < -0.3 is 16.3 Å². The van der Waals surface area contributed by atoms with E-state index in [1.165, 1.54) is 0 Å². The quantitative estimate of drug-likeness (QED) is 0.342. The van der Waals surface area contributed by atoms with Crippen LogP contribution in [0.25, 0.3) is 10.8 Å². The van der Waals surface area contributed by atoms with Crippen molar-refractivity contribution in [3.63, 3.8) is 0 Å². The van der Waals surface area contributed by atoms with E-state index < -0.39 is 5.41 Å². The minimum Gasteiger partial charge on any atom is -0.409 e. The third-order valence-corrected chi connectivity index (χ3v) is 3.71. The van der Waals surface area contributed by atoms with E-state index in [1.807, 2.05) is 24.3 Å². The van der Waals surface area contributed by atoms with Gasteiger partial charge in [0.05, 0.1) is 0 Å². The molecule has 0 bridgehead atoms. The van der Waals surface area contributed by atoms with E-state index in [9.17, 15) is 4.79 Å². The number of oxime groups is 1. The minimum absolute atomic E-state index is 0.0306. The predicted octanol–water partition coefficient (Wildman–Crippen LogP) is 1.70. The van der Waals surface area contributed by atoms with Gasteiger partial charge in [-0.15, -0.1) is 0 Å². The Hall–Kier alpha value is -2.63. The molecule has 6 nitrogen and oxygen atoms in total. The lowest BCUT2D eigenvalue weighted by molar-refractivity contribution is -0.119. The zero-order valence-corrected chi connectivity index (χ0v) is 10.7. The molecular weight excluding hydrogens is 256 g/mol. The summed E-state index contributed by atoms with van der Waals surface area (Å²) >= 11 is 0. The number of carbonyl (C=O) groups excluding carboxylic acids is 1. The number of anilines is 1. The van der Waals surface area contributed by atoms with Crippen LogP contribution in [0.5, 0.6) is 0 Å². The summed E-state index contributed by atoms with van der Waals surface area (Å²) in [6, 6.07) is 7.44. The number of aromatic nitrogens is 1. The Morgan fingerprint density at radius 1 is 1.40 bits per heavy atom. The molecule has 2 aromatic rings. The molecule has 3 rings (SSSR count). The Morgan fingerprint density at radius 2 is 2.20 bits per heavy atom. The summed E-state index contributed by atoms with van der Waals surface area (Å²) < 4.78 is 0. The fourth-order valence-electron chi connectivity index (χ4n) is 2.29. The van der Waals surface area contributed by atoms with E-state index in [0.29, 0.717) is 18.5 Å². The van der Waals surface area contributed by atoms with Crippen LogP contribution in [0.15, 0.2) is 41.8 Å². The number of carbonyl (C=O) groups is 1. The highest BCUT2D eigenvalue weighted by molar-refractivity contribution is 6.16. The third-order valence-electron chi connectivity index (χ3n) is 3.71. The van der Waals surface area contributed by atoms with E-state index >= 15 is 0 Å². The van der Waals surface area contributed by atoms with Crippen LogP contribution in [0, 0.1) is 5.41 Å². The molecule has 0 saturated heterocycles. The summed E-state index contributed by atoms with van der Waals surface area (Å²) in [5.74, 6) is -0.269. The molecule has 1 fully saturated rings. The summed E-state index contributed by atoms with van der Waals surface area (Å²) in [5, 5.41) is 16.5. The molecule has 0 spiro atoms. The highest BCUT2D eigenvalue weighted by atomic mass is 16.4. The summed E-state index contributed by atoms with van der Waals surface area (Å²) in [6.45, 7) is 0. The second kappa shape index (κ2) is 4.48. The molecule has 6 heteroatoms. The standard InChI is InChI=1S/C14H14N4O2/c15-12(18-20)14(5-6-14)13(19)17-11-3-1-2-9-8-16-7-4-10(9)11/h1-4,7-8,20H,5-6H2,(H2,15,18)(H,17,19). The van der Waals surface area contributed by atoms with Crippen molar-refractivity contribution >= 4 is 28.2 Å². The van der Waals surface area contributed by atoms with Gasteiger partial charge in [0.1, 0.15) is 5.41 Å². The van der Waals surface area contributed by atoms with Crippen molar-refractivity contribution in [2.45, 2.75) is 12.8 Å². The number of rotatable bonds is 3. The molecule has 1 amide bonds. The van der Waals surface area contributed by atoms with Gasteiger partial charge >= 0.3 is 0 Å². The number of pyridine rings is 1. The van der Waals surface area contributed by atoms with Crippen molar-refractivity contribution in [2.75, 3.05) is 5.32 Å². The molecule has 1 aromatic heterocycles. The van der Waals surface area contributed by atoms with E-state index in [2.05, 4.69) is 15.5 Å². The first kappa shape index (κ1) is 12.4. The Labute approximate surface area is 115 Å². The van der Waals surface area contributed by atoms with Crippen LogP contribution in [-0.2, 0) is 4.79 Å². The second-order valence-corrected chi connectivity index (χ2v) is 4.92. The maximum absolute atomic E-state index is 12.3. The van der Waals surface area contributed by atoms with Crippen LogP contribution < -0.4 is 11.1 Å². The van der Waals surface area contributed by atoms with Crippen molar-refractivity contribution < 1.29 is 10.0 Å². The average Bonchev–Trinajstić information content (AvgIpc) is 3.28. The van der Waals surface area contributed by atoms with Crippen LogP contribution in [-0.4, -0.2) is 21.9 Å². The van der Waals surface area contributed by atoms with Crippen LogP contribution in [0.1, 0.15) is 12.8 Å². The monoisotopic (exact) mass is 270 g/mol. The Morgan fingerprint density at radius 3 is 2.90 bits per heavy atom. The van der Waals surface area contributed by atoms with Crippen molar-refractivity contribution in [1.82, 2.24) is 4.98 Å². The first-order valence-corrected chi connectivity index (χ1v) is 6.29. The molecule has 0 unspecified atom stereocenters. The lowest BCUT2D eigenvalue weighted by Crippen LogP contribution is -2.36. The fourth-order valence-corrected chi connectivity index (χ4v) is 2.29. The SMILES string of the molecule is N/C(=N/O)C1(C(=O)Nc2cccc3cnccc23)CC1. The number of amidine groups is 1. The number of fused-ring (bicyclic) bond motifs is 1. The normalized spacial score (nSPS) is 16.9. The van der Waals surface area contributed by atoms with Crippen LogP contribution in [0.3, 0.4) is 0 Å². The first-order valence-electron chi connectivity index (χ1n) is 6.29. The van der Waals surface area contributed by atoms with Crippen molar-refractivity contribution in [1.29, 1.82) is 0 Å². The zero-order valence-electron chi connectivity index (χ0n) is 10.7. The third kappa shape index (κ3) is 1.85.